The van der Waals surface area contributed by atoms with E-state index in [9.17, 15) is 4.79 Å². The second-order valence-corrected chi connectivity index (χ2v) is 7.22. The highest BCUT2D eigenvalue weighted by atomic mass is 16.2. The van der Waals surface area contributed by atoms with Crippen LogP contribution in [0.1, 0.15) is 63.1 Å². The van der Waals surface area contributed by atoms with Gasteiger partial charge in [0, 0.05) is 11.2 Å². The number of hydrazine groups is 1. The summed E-state index contributed by atoms with van der Waals surface area (Å²) in [5.41, 5.74) is 7.35. The maximum Gasteiger partial charge on any atom is 0.256 e. The standard InChI is InChI=1S/C18H29N3O/c1-7-15(17(22)20-19)21-16-9-12(3)11(2)8-14(16)13(4)10-18(21,5)6/h8-9,13,15H,7,10,19H2,1-6H3,(H,20,22)/t13-,15-/m1/s1. The Morgan fingerprint density at radius 2 is 2.00 bits per heavy atom. The van der Waals surface area contributed by atoms with E-state index in [1.165, 1.54) is 22.4 Å². The van der Waals surface area contributed by atoms with Crippen LogP contribution in [0, 0.1) is 13.8 Å². The average Bonchev–Trinajstić information content (AvgIpc) is 2.44. The molecule has 0 radical (unpaired) electrons. The molecular weight excluding hydrogens is 274 g/mol. The van der Waals surface area contributed by atoms with Gasteiger partial charge in [-0.25, -0.2) is 5.84 Å². The Balaban J connectivity index is 2.63. The summed E-state index contributed by atoms with van der Waals surface area (Å²) in [6, 6.07) is 4.27. The zero-order valence-electron chi connectivity index (χ0n) is 14.7. The molecule has 0 aliphatic carbocycles. The van der Waals surface area contributed by atoms with Crippen molar-refractivity contribution in [3.63, 3.8) is 0 Å². The molecule has 1 aromatic rings. The number of rotatable bonds is 3. The third-order valence-corrected chi connectivity index (χ3v) is 5.03. The molecule has 1 aromatic carbocycles. The predicted molar refractivity (Wildman–Crippen MR) is 91.9 cm³/mol. The molecule has 1 heterocycles. The maximum absolute atomic E-state index is 12.3. The van der Waals surface area contributed by atoms with Crippen molar-refractivity contribution in [1.82, 2.24) is 5.43 Å². The molecule has 2 atom stereocenters. The van der Waals surface area contributed by atoms with Gasteiger partial charge < -0.3 is 4.90 Å². The fourth-order valence-corrected chi connectivity index (χ4v) is 3.88. The van der Waals surface area contributed by atoms with Crippen molar-refractivity contribution in [3.05, 3.63) is 28.8 Å². The van der Waals surface area contributed by atoms with E-state index in [2.05, 4.69) is 57.1 Å². The van der Waals surface area contributed by atoms with Crippen molar-refractivity contribution in [2.75, 3.05) is 4.90 Å². The van der Waals surface area contributed by atoms with E-state index in [4.69, 9.17) is 5.84 Å². The molecule has 1 aliphatic heterocycles. The van der Waals surface area contributed by atoms with Crippen LogP contribution < -0.4 is 16.2 Å². The molecular formula is C18H29N3O. The zero-order chi connectivity index (χ0) is 16.7. The van der Waals surface area contributed by atoms with Gasteiger partial charge >= 0.3 is 0 Å². The molecule has 0 bridgehead atoms. The van der Waals surface area contributed by atoms with E-state index < -0.39 is 0 Å². The minimum Gasteiger partial charge on any atom is -0.354 e. The third-order valence-electron chi connectivity index (χ3n) is 5.03. The summed E-state index contributed by atoms with van der Waals surface area (Å²) >= 11 is 0. The predicted octanol–water partition coefficient (Wildman–Crippen LogP) is 3.16. The number of nitrogens with two attached hydrogens (primary N) is 1. The summed E-state index contributed by atoms with van der Waals surface area (Å²) in [5, 5.41) is 0. The molecule has 0 saturated heterocycles. The second-order valence-electron chi connectivity index (χ2n) is 7.22. The van der Waals surface area contributed by atoms with Crippen LogP contribution >= 0.6 is 0 Å². The summed E-state index contributed by atoms with van der Waals surface area (Å²) in [6.45, 7) is 13.0. The molecule has 0 unspecified atom stereocenters. The highest BCUT2D eigenvalue weighted by Gasteiger charge is 2.41. The summed E-state index contributed by atoms with van der Waals surface area (Å²) in [6.07, 6.45) is 1.75. The van der Waals surface area contributed by atoms with Crippen LogP contribution in [0.2, 0.25) is 0 Å². The first-order valence-corrected chi connectivity index (χ1v) is 8.13. The SMILES string of the molecule is CC[C@H](C(=O)NN)N1c2cc(C)c(C)cc2[C@H](C)CC1(C)C. The number of hydrogen-bond donors (Lipinski definition) is 2. The average molecular weight is 303 g/mol. The van der Waals surface area contributed by atoms with Crippen LogP contribution in [-0.2, 0) is 4.79 Å². The number of hydrogen-bond acceptors (Lipinski definition) is 3. The number of benzene rings is 1. The number of carbonyl (C=O) groups is 1. The van der Waals surface area contributed by atoms with Crippen molar-refractivity contribution in [2.24, 2.45) is 5.84 Å². The Morgan fingerprint density at radius 3 is 2.55 bits per heavy atom. The molecule has 0 spiro atoms. The molecule has 0 fully saturated rings. The number of carbonyl (C=O) groups excluding carboxylic acids is 1. The molecule has 22 heavy (non-hydrogen) atoms. The normalized spacial score (nSPS) is 21.2. The lowest BCUT2D eigenvalue weighted by atomic mass is 9.78. The van der Waals surface area contributed by atoms with Gasteiger partial charge in [0.05, 0.1) is 0 Å². The Kier molecular flexibility index (Phi) is 4.52. The van der Waals surface area contributed by atoms with E-state index in [-0.39, 0.29) is 17.5 Å². The van der Waals surface area contributed by atoms with E-state index in [1.807, 2.05) is 6.92 Å². The minimum absolute atomic E-state index is 0.0820. The van der Waals surface area contributed by atoms with Crippen molar-refractivity contribution in [3.8, 4) is 0 Å². The number of anilines is 1. The van der Waals surface area contributed by atoms with Crippen LogP contribution in [0.25, 0.3) is 0 Å². The topological polar surface area (TPSA) is 58.4 Å². The second kappa shape index (κ2) is 5.92. The summed E-state index contributed by atoms with van der Waals surface area (Å²) in [4.78, 5) is 14.6. The smallest absolute Gasteiger partial charge is 0.256 e. The fraction of sp³-hybridized carbons (Fsp3) is 0.611. The van der Waals surface area contributed by atoms with E-state index >= 15 is 0 Å². The van der Waals surface area contributed by atoms with Crippen LogP contribution in [-0.4, -0.2) is 17.5 Å². The molecule has 1 amide bonds. The maximum atomic E-state index is 12.3. The van der Waals surface area contributed by atoms with Crippen LogP contribution in [0.5, 0.6) is 0 Å². The summed E-state index contributed by atoms with van der Waals surface area (Å²) < 4.78 is 0. The van der Waals surface area contributed by atoms with Gasteiger partial charge in [0.15, 0.2) is 0 Å². The quantitative estimate of drug-likeness (QED) is 0.512. The number of nitrogens with zero attached hydrogens (tertiary/aromatic N) is 1. The van der Waals surface area contributed by atoms with Crippen LogP contribution in [0.15, 0.2) is 12.1 Å². The van der Waals surface area contributed by atoms with Gasteiger partial charge in [0.2, 0.25) is 0 Å². The van der Waals surface area contributed by atoms with E-state index in [0.717, 1.165) is 12.8 Å². The summed E-state index contributed by atoms with van der Waals surface area (Å²) in [7, 11) is 0. The first kappa shape index (κ1) is 16.8. The third kappa shape index (κ3) is 2.72. The van der Waals surface area contributed by atoms with Crippen molar-refractivity contribution in [2.45, 2.75) is 71.9 Å². The lowest BCUT2D eigenvalue weighted by Crippen LogP contribution is -2.59. The van der Waals surface area contributed by atoms with Gasteiger partial charge in [0.1, 0.15) is 6.04 Å². The number of amides is 1. The van der Waals surface area contributed by atoms with Gasteiger partial charge in [-0.1, -0.05) is 19.9 Å². The first-order chi connectivity index (χ1) is 10.2. The molecule has 0 aromatic heterocycles. The lowest BCUT2D eigenvalue weighted by Gasteiger charge is -2.50. The van der Waals surface area contributed by atoms with Gasteiger partial charge in [-0.3, -0.25) is 10.2 Å². The number of fused-ring (bicyclic) bond motifs is 1. The molecule has 3 N–H and O–H groups in total. The molecule has 2 rings (SSSR count). The minimum atomic E-state index is -0.242. The molecule has 0 saturated carbocycles. The Labute approximate surface area is 134 Å². The van der Waals surface area contributed by atoms with Crippen molar-refractivity contribution < 1.29 is 4.79 Å². The van der Waals surface area contributed by atoms with E-state index in [1.54, 1.807) is 0 Å². The highest BCUT2D eigenvalue weighted by Crippen LogP contribution is 2.45. The lowest BCUT2D eigenvalue weighted by molar-refractivity contribution is -0.122. The molecule has 1 aliphatic rings. The summed E-state index contributed by atoms with van der Waals surface area (Å²) in [5.74, 6) is 5.79. The van der Waals surface area contributed by atoms with Crippen LogP contribution in [0.3, 0.4) is 0 Å². The van der Waals surface area contributed by atoms with Gasteiger partial charge in [0.25, 0.3) is 5.91 Å². The number of aryl methyl sites for hydroxylation is 2. The Morgan fingerprint density at radius 1 is 1.41 bits per heavy atom. The molecule has 4 nitrogen and oxygen atoms in total. The van der Waals surface area contributed by atoms with Gasteiger partial charge in [-0.05, 0) is 69.2 Å². The Hall–Kier alpha value is -1.55. The van der Waals surface area contributed by atoms with E-state index in [0.29, 0.717) is 5.92 Å². The fourth-order valence-electron chi connectivity index (χ4n) is 3.88. The molecule has 4 heteroatoms. The van der Waals surface area contributed by atoms with Crippen molar-refractivity contribution >= 4 is 11.6 Å². The largest absolute Gasteiger partial charge is 0.354 e. The highest BCUT2D eigenvalue weighted by molar-refractivity contribution is 5.86. The Bertz CT molecular complexity index is 580. The van der Waals surface area contributed by atoms with Crippen LogP contribution in [0.4, 0.5) is 5.69 Å². The molecule has 122 valence electrons. The zero-order valence-corrected chi connectivity index (χ0v) is 14.7. The number of nitrogens with one attached hydrogen (secondary N) is 1. The monoisotopic (exact) mass is 303 g/mol. The van der Waals surface area contributed by atoms with Gasteiger partial charge in [-0.15, -0.1) is 0 Å². The van der Waals surface area contributed by atoms with Gasteiger partial charge in [-0.2, -0.15) is 0 Å². The first-order valence-electron chi connectivity index (χ1n) is 8.13. The van der Waals surface area contributed by atoms with Crippen molar-refractivity contribution in [1.29, 1.82) is 0 Å².